The van der Waals surface area contributed by atoms with Crippen molar-refractivity contribution in [2.45, 2.75) is 27.2 Å². The van der Waals surface area contributed by atoms with Crippen LogP contribution in [0.5, 0.6) is 0 Å². The Morgan fingerprint density at radius 2 is 1.90 bits per heavy atom. The SMILES string of the molecule is CCCN1CCN(C(=O)c2cc(C)ccc2NCC)CC1. The van der Waals surface area contributed by atoms with Crippen LogP contribution in [-0.2, 0) is 0 Å². The van der Waals surface area contributed by atoms with Gasteiger partial charge in [-0.1, -0.05) is 18.6 Å². The Hall–Kier alpha value is -1.55. The number of hydrogen-bond donors (Lipinski definition) is 1. The zero-order valence-corrected chi connectivity index (χ0v) is 13.5. The Morgan fingerprint density at radius 3 is 2.52 bits per heavy atom. The van der Waals surface area contributed by atoms with Gasteiger partial charge < -0.3 is 10.2 Å². The first-order valence-electron chi connectivity index (χ1n) is 8.01. The third-order valence-electron chi connectivity index (χ3n) is 3.97. The van der Waals surface area contributed by atoms with Gasteiger partial charge in [0.15, 0.2) is 0 Å². The molecule has 1 aliphatic rings. The first-order chi connectivity index (χ1) is 10.2. The minimum atomic E-state index is 0.158. The van der Waals surface area contributed by atoms with Gasteiger partial charge in [-0.05, 0) is 38.9 Å². The Morgan fingerprint density at radius 1 is 1.19 bits per heavy atom. The number of piperazine rings is 1. The molecule has 4 heteroatoms. The van der Waals surface area contributed by atoms with Gasteiger partial charge in [0.2, 0.25) is 0 Å². The van der Waals surface area contributed by atoms with Gasteiger partial charge >= 0.3 is 0 Å². The summed E-state index contributed by atoms with van der Waals surface area (Å²) in [7, 11) is 0. The number of aryl methyl sites for hydroxylation is 1. The number of nitrogens with zero attached hydrogens (tertiary/aromatic N) is 2. The molecule has 1 N–H and O–H groups in total. The van der Waals surface area contributed by atoms with E-state index in [2.05, 4.69) is 24.1 Å². The van der Waals surface area contributed by atoms with E-state index >= 15 is 0 Å². The van der Waals surface area contributed by atoms with Crippen LogP contribution in [0.25, 0.3) is 0 Å². The van der Waals surface area contributed by atoms with Crippen LogP contribution < -0.4 is 5.32 Å². The van der Waals surface area contributed by atoms with E-state index < -0.39 is 0 Å². The van der Waals surface area contributed by atoms with E-state index in [0.717, 1.165) is 56.1 Å². The molecule has 2 rings (SSSR count). The molecule has 1 aromatic carbocycles. The van der Waals surface area contributed by atoms with Crippen LogP contribution in [0.3, 0.4) is 0 Å². The first kappa shape index (κ1) is 15.8. The topological polar surface area (TPSA) is 35.6 Å². The van der Waals surface area contributed by atoms with Crippen molar-refractivity contribution in [1.82, 2.24) is 9.80 Å². The summed E-state index contributed by atoms with van der Waals surface area (Å²) in [5.41, 5.74) is 2.88. The lowest BCUT2D eigenvalue weighted by Crippen LogP contribution is -2.48. The average molecular weight is 289 g/mol. The highest BCUT2D eigenvalue weighted by Gasteiger charge is 2.23. The molecule has 1 amide bonds. The van der Waals surface area contributed by atoms with Crippen LogP contribution >= 0.6 is 0 Å². The van der Waals surface area contributed by atoms with E-state index in [1.165, 1.54) is 6.42 Å². The molecular weight excluding hydrogens is 262 g/mol. The molecule has 21 heavy (non-hydrogen) atoms. The molecule has 4 nitrogen and oxygen atoms in total. The van der Waals surface area contributed by atoms with Crippen LogP contribution in [0.15, 0.2) is 18.2 Å². The van der Waals surface area contributed by atoms with E-state index in [0.29, 0.717) is 0 Å². The van der Waals surface area contributed by atoms with Crippen LogP contribution in [0.2, 0.25) is 0 Å². The van der Waals surface area contributed by atoms with Crippen molar-refractivity contribution < 1.29 is 4.79 Å². The highest BCUT2D eigenvalue weighted by atomic mass is 16.2. The van der Waals surface area contributed by atoms with Gasteiger partial charge in [-0.3, -0.25) is 9.69 Å². The summed E-state index contributed by atoms with van der Waals surface area (Å²) < 4.78 is 0. The molecule has 0 spiro atoms. The molecule has 1 fully saturated rings. The second kappa shape index (κ2) is 7.46. The summed E-state index contributed by atoms with van der Waals surface area (Å²) in [6, 6.07) is 6.06. The highest BCUT2D eigenvalue weighted by Crippen LogP contribution is 2.20. The highest BCUT2D eigenvalue weighted by molar-refractivity contribution is 5.99. The fraction of sp³-hybridized carbons (Fsp3) is 0.588. The summed E-state index contributed by atoms with van der Waals surface area (Å²) >= 11 is 0. The summed E-state index contributed by atoms with van der Waals surface area (Å²) in [6.45, 7) is 11.9. The number of carbonyl (C=O) groups excluding carboxylic acids is 1. The largest absolute Gasteiger partial charge is 0.385 e. The average Bonchev–Trinajstić information content (AvgIpc) is 2.50. The smallest absolute Gasteiger partial charge is 0.256 e. The molecule has 1 aliphatic heterocycles. The number of anilines is 1. The molecule has 1 heterocycles. The fourth-order valence-corrected chi connectivity index (χ4v) is 2.84. The standard InChI is InChI=1S/C17H27N3O/c1-4-8-19-9-11-20(12-10-19)17(21)15-13-14(3)6-7-16(15)18-5-2/h6-7,13,18H,4-5,8-12H2,1-3H3. The molecule has 1 aromatic rings. The molecule has 0 atom stereocenters. The van der Waals surface area contributed by atoms with Crippen LogP contribution in [0.4, 0.5) is 5.69 Å². The van der Waals surface area contributed by atoms with E-state index in [1.54, 1.807) is 0 Å². The van der Waals surface area contributed by atoms with Crippen LogP contribution in [0.1, 0.15) is 36.2 Å². The predicted molar refractivity (Wildman–Crippen MR) is 88.0 cm³/mol. The van der Waals surface area contributed by atoms with Crippen LogP contribution in [-0.4, -0.2) is 55.0 Å². The predicted octanol–water partition coefficient (Wildman–Crippen LogP) is 2.59. The first-order valence-corrected chi connectivity index (χ1v) is 8.01. The van der Waals surface area contributed by atoms with Crippen molar-refractivity contribution in [2.75, 3.05) is 44.6 Å². The van der Waals surface area contributed by atoms with Gasteiger partial charge in [0.05, 0.1) is 5.56 Å². The van der Waals surface area contributed by atoms with Gasteiger partial charge in [-0.15, -0.1) is 0 Å². The number of nitrogens with one attached hydrogen (secondary N) is 1. The fourth-order valence-electron chi connectivity index (χ4n) is 2.84. The zero-order valence-electron chi connectivity index (χ0n) is 13.5. The quantitative estimate of drug-likeness (QED) is 0.905. The maximum absolute atomic E-state index is 12.8. The van der Waals surface area contributed by atoms with Gasteiger partial charge in [0.25, 0.3) is 5.91 Å². The van der Waals surface area contributed by atoms with Crippen molar-refractivity contribution >= 4 is 11.6 Å². The van der Waals surface area contributed by atoms with E-state index in [9.17, 15) is 4.79 Å². The zero-order chi connectivity index (χ0) is 15.2. The molecular formula is C17H27N3O. The number of amides is 1. The maximum Gasteiger partial charge on any atom is 0.256 e. The molecule has 0 aliphatic carbocycles. The van der Waals surface area contributed by atoms with E-state index in [1.807, 2.05) is 30.0 Å². The lowest BCUT2D eigenvalue weighted by Gasteiger charge is -2.35. The molecule has 0 unspecified atom stereocenters. The van der Waals surface area contributed by atoms with E-state index in [4.69, 9.17) is 0 Å². The monoisotopic (exact) mass is 289 g/mol. The minimum Gasteiger partial charge on any atom is -0.385 e. The number of carbonyl (C=O) groups is 1. The molecule has 0 bridgehead atoms. The number of hydrogen-bond acceptors (Lipinski definition) is 3. The maximum atomic E-state index is 12.8. The molecule has 0 aromatic heterocycles. The van der Waals surface area contributed by atoms with Crippen LogP contribution in [0, 0.1) is 6.92 Å². The lowest BCUT2D eigenvalue weighted by atomic mass is 10.1. The summed E-state index contributed by atoms with van der Waals surface area (Å²) in [4.78, 5) is 17.2. The second-order valence-electron chi connectivity index (χ2n) is 5.71. The molecule has 0 radical (unpaired) electrons. The van der Waals surface area contributed by atoms with Gasteiger partial charge in [0, 0.05) is 38.4 Å². The number of benzene rings is 1. The minimum absolute atomic E-state index is 0.158. The van der Waals surface area contributed by atoms with Crippen molar-refractivity contribution in [1.29, 1.82) is 0 Å². The van der Waals surface area contributed by atoms with E-state index in [-0.39, 0.29) is 5.91 Å². The van der Waals surface area contributed by atoms with Gasteiger partial charge in [-0.2, -0.15) is 0 Å². The molecule has 0 saturated carbocycles. The molecule has 1 saturated heterocycles. The third-order valence-corrected chi connectivity index (χ3v) is 3.97. The Bertz CT molecular complexity index is 479. The van der Waals surface area contributed by atoms with Crippen molar-refractivity contribution in [3.05, 3.63) is 29.3 Å². The number of rotatable bonds is 5. The Labute approximate surface area is 128 Å². The third kappa shape index (κ3) is 3.97. The normalized spacial score (nSPS) is 16.0. The second-order valence-corrected chi connectivity index (χ2v) is 5.71. The Kier molecular flexibility index (Phi) is 5.62. The lowest BCUT2D eigenvalue weighted by molar-refractivity contribution is 0.0638. The summed E-state index contributed by atoms with van der Waals surface area (Å²) in [5, 5.41) is 3.29. The van der Waals surface area contributed by atoms with Crippen molar-refractivity contribution in [2.24, 2.45) is 0 Å². The van der Waals surface area contributed by atoms with Crippen molar-refractivity contribution in [3.8, 4) is 0 Å². The molecule has 116 valence electrons. The summed E-state index contributed by atoms with van der Waals surface area (Å²) in [5.74, 6) is 0.158. The summed E-state index contributed by atoms with van der Waals surface area (Å²) in [6.07, 6.45) is 1.18. The Balaban J connectivity index is 2.08. The van der Waals surface area contributed by atoms with Gasteiger partial charge in [-0.25, -0.2) is 0 Å². The van der Waals surface area contributed by atoms with Crippen molar-refractivity contribution in [3.63, 3.8) is 0 Å². The van der Waals surface area contributed by atoms with Gasteiger partial charge in [0.1, 0.15) is 0 Å².